The number of aldehydes is 1. The second-order valence-corrected chi connectivity index (χ2v) is 16.4. The molecule has 1 unspecified atom stereocenters. The third kappa shape index (κ3) is 14.6. The third-order valence-corrected chi connectivity index (χ3v) is 10.3. The van der Waals surface area contributed by atoms with Crippen LogP contribution in [0.25, 0.3) is 0 Å². The number of esters is 1. The minimum atomic E-state index is -4.14. The Morgan fingerprint density at radius 3 is 1.62 bits per heavy atom. The second-order valence-electron chi connectivity index (χ2n) is 14.4. The van der Waals surface area contributed by atoms with Crippen LogP contribution in [0.15, 0.2) is 48.5 Å². The highest BCUT2D eigenvalue weighted by Gasteiger charge is 2.46. The van der Waals surface area contributed by atoms with E-state index in [1.807, 2.05) is 36.4 Å². The number of ether oxygens (including phenoxy) is 2. The molecule has 0 aliphatic carbocycles. The Hall–Kier alpha value is -2.63. The molecule has 2 aromatic carbocycles. The third-order valence-electron chi connectivity index (χ3n) is 8.16. The normalized spacial score (nSPS) is 12.8. The first-order chi connectivity index (χ1) is 22.3. The van der Waals surface area contributed by atoms with Crippen LogP contribution in [0, 0.1) is 0 Å². The van der Waals surface area contributed by atoms with Crippen molar-refractivity contribution < 1.29 is 32.7 Å². The van der Waals surface area contributed by atoms with Gasteiger partial charge in [0.2, 0.25) is 0 Å². The van der Waals surface area contributed by atoms with Crippen LogP contribution in [0.3, 0.4) is 0 Å². The molecule has 0 saturated heterocycles. The summed E-state index contributed by atoms with van der Waals surface area (Å²) in [4.78, 5) is 23.9. The van der Waals surface area contributed by atoms with Crippen molar-refractivity contribution in [3.63, 3.8) is 0 Å². The zero-order valence-corrected chi connectivity index (χ0v) is 31.1. The highest BCUT2D eigenvalue weighted by molar-refractivity contribution is 7.56. The number of para-hydroxylation sites is 2. The van der Waals surface area contributed by atoms with Gasteiger partial charge in [-0.05, 0) is 55.6 Å². The maximum Gasteiger partial charge on any atom is 0.445 e. The Morgan fingerprint density at radius 1 is 0.702 bits per heavy atom. The number of carbonyl (C=O) groups excluding carboxylic acids is 2. The number of rotatable bonds is 23. The summed E-state index contributed by atoms with van der Waals surface area (Å²) in [6.07, 6.45) is 12.0. The quantitative estimate of drug-likeness (QED) is 0.0502. The van der Waals surface area contributed by atoms with E-state index in [1.165, 1.54) is 0 Å². The molecule has 0 radical (unpaired) electrons. The molecule has 2 aromatic rings. The van der Waals surface area contributed by atoms with E-state index in [9.17, 15) is 9.59 Å². The van der Waals surface area contributed by atoms with Crippen LogP contribution in [0.1, 0.15) is 137 Å². The van der Waals surface area contributed by atoms with Crippen LogP contribution in [-0.4, -0.2) is 37.7 Å². The van der Waals surface area contributed by atoms with Crippen molar-refractivity contribution in [1.29, 1.82) is 0 Å². The molecule has 0 heterocycles. The van der Waals surface area contributed by atoms with E-state index in [4.69, 9.17) is 18.5 Å². The van der Waals surface area contributed by atoms with Gasteiger partial charge in [-0.15, -0.1) is 0 Å². The van der Waals surface area contributed by atoms with Gasteiger partial charge in [0.05, 0.1) is 6.61 Å². The summed E-state index contributed by atoms with van der Waals surface area (Å²) in [7, 11) is -4.14. The molecule has 0 aromatic heterocycles. The van der Waals surface area contributed by atoms with Crippen LogP contribution >= 0.6 is 7.60 Å². The van der Waals surface area contributed by atoms with Gasteiger partial charge in [-0.2, -0.15) is 0 Å². The molecule has 0 aliphatic rings. The topological polar surface area (TPSA) is 88.1 Å². The summed E-state index contributed by atoms with van der Waals surface area (Å²) in [5.74, 6) is 0.349. The van der Waals surface area contributed by atoms with E-state index in [2.05, 4.69) is 41.5 Å². The van der Waals surface area contributed by atoms with Crippen molar-refractivity contribution >= 4 is 19.9 Å². The average Bonchev–Trinajstić information content (AvgIpc) is 3.00. The average molecular weight is 673 g/mol. The van der Waals surface area contributed by atoms with Crippen molar-refractivity contribution in [2.75, 3.05) is 19.8 Å². The Labute approximate surface area is 285 Å². The van der Waals surface area contributed by atoms with Gasteiger partial charge in [-0.25, -0.2) is 4.57 Å². The van der Waals surface area contributed by atoms with Gasteiger partial charge in [0.25, 0.3) is 0 Å². The standard InChI is InChI=1S/C39H61O7P/c1-8-44-37(41)36(28-16-12-10-9-11-14-22-30-43-31-23-15-13-21-29-40)47(42,45-34-26-19-17-24-32(34)38(2,3)4)46-35-27-20-18-25-33(35)39(5,6)7/h17-20,24-27,29,36H,8-16,21-23,28,30-31H2,1-7H3. The molecule has 0 bridgehead atoms. The Balaban J connectivity index is 2.12. The molecule has 0 spiro atoms. The lowest BCUT2D eigenvalue weighted by Crippen LogP contribution is -2.29. The maximum atomic E-state index is 15.1. The predicted molar refractivity (Wildman–Crippen MR) is 192 cm³/mol. The van der Waals surface area contributed by atoms with Crippen molar-refractivity contribution in [1.82, 2.24) is 0 Å². The fourth-order valence-electron chi connectivity index (χ4n) is 5.53. The first-order valence-electron chi connectivity index (χ1n) is 17.7. The molecule has 0 N–H and O–H groups in total. The highest BCUT2D eigenvalue weighted by atomic mass is 31.2. The molecule has 1 atom stereocenters. The zero-order chi connectivity index (χ0) is 34.8. The maximum absolute atomic E-state index is 15.1. The molecular weight excluding hydrogens is 611 g/mol. The van der Waals surface area contributed by atoms with Crippen LogP contribution < -0.4 is 9.05 Å². The summed E-state index contributed by atoms with van der Waals surface area (Å²) in [6, 6.07) is 15.1. The molecule has 2 rings (SSSR count). The lowest BCUT2D eigenvalue weighted by Gasteiger charge is -2.31. The number of benzene rings is 2. The van der Waals surface area contributed by atoms with E-state index in [0.717, 1.165) is 88.4 Å². The summed E-state index contributed by atoms with van der Waals surface area (Å²) in [6.45, 7) is 15.9. The number of hydrogen-bond acceptors (Lipinski definition) is 7. The van der Waals surface area contributed by atoms with Crippen LogP contribution in [0.4, 0.5) is 0 Å². The summed E-state index contributed by atoms with van der Waals surface area (Å²) in [5, 5.41) is 0. The zero-order valence-electron chi connectivity index (χ0n) is 30.2. The molecule has 0 fully saturated rings. The molecule has 0 aliphatic heterocycles. The fraction of sp³-hybridized carbons (Fsp3) is 0.641. The van der Waals surface area contributed by atoms with Gasteiger partial charge < -0.3 is 23.3 Å². The van der Waals surface area contributed by atoms with E-state index in [1.54, 1.807) is 19.1 Å². The number of unbranched alkanes of at least 4 members (excludes halogenated alkanes) is 9. The van der Waals surface area contributed by atoms with Gasteiger partial charge in [-0.1, -0.05) is 123 Å². The fourth-order valence-corrected chi connectivity index (χ4v) is 7.52. The first-order valence-corrected chi connectivity index (χ1v) is 19.3. The largest absolute Gasteiger partial charge is 0.465 e. The SMILES string of the molecule is CCOC(=O)C(CCCCCCCCCOCCCCCC=O)P(=O)(Oc1ccccc1C(C)(C)C)Oc1ccccc1C(C)(C)C. The van der Waals surface area contributed by atoms with E-state index < -0.39 is 19.2 Å². The summed E-state index contributed by atoms with van der Waals surface area (Å²) >= 11 is 0. The van der Waals surface area contributed by atoms with Crippen molar-refractivity contribution in [2.45, 2.75) is 142 Å². The van der Waals surface area contributed by atoms with Crippen molar-refractivity contribution in [3.05, 3.63) is 59.7 Å². The van der Waals surface area contributed by atoms with Gasteiger partial charge in [0.1, 0.15) is 17.8 Å². The minimum Gasteiger partial charge on any atom is -0.465 e. The van der Waals surface area contributed by atoms with Crippen LogP contribution in [0.5, 0.6) is 11.5 Å². The molecule has 264 valence electrons. The Morgan fingerprint density at radius 2 is 1.15 bits per heavy atom. The molecular formula is C39H61O7P. The van der Waals surface area contributed by atoms with Gasteiger partial charge >= 0.3 is 13.6 Å². The number of hydrogen-bond donors (Lipinski definition) is 0. The van der Waals surface area contributed by atoms with Crippen LogP contribution in [-0.2, 0) is 34.5 Å². The summed E-state index contributed by atoms with van der Waals surface area (Å²) in [5.41, 5.74) is 0.132. The van der Waals surface area contributed by atoms with Crippen molar-refractivity contribution in [2.24, 2.45) is 0 Å². The van der Waals surface area contributed by atoms with Crippen molar-refractivity contribution in [3.8, 4) is 11.5 Å². The van der Waals surface area contributed by atoms with Gasteiger partial charge in [0.15, 0.2) is 5.66 Å². The summed E-state index contributed by atoms with van der Waals surface area (Å²) < 4.78 is 39.2. The monoisotopic (exact) mass is 672 g/mol. The molecule has 8 heteroatoms. The molecule has 0 saturated carbocycles. The first kappa shape index (κ1) is 40.5. The Kier molecular flexibility index (Phi) is 17.8. The van der Waals surface area contributed by atoms with E-state index >= 15 is 4.57 Å². The number of carbonyl (C=O) groups is 2. The van der Waals surface area contributed by atoms with Gasteiger partial charge in [0, 0.05) is 30.8 Å². The predicted octanol–water partition coefficient (Wildman–Crippen LogP) is 10.8. The van der Waals surface area contributed by atoms with Crippen LogP contribution in [0.2, 0.25) is 0 Å². The minimum absolute atomic E-state index is 0.177. The highest BCUT2D eigenvalue weighted by Crippen LogP contribution is 2.57. The van der Waals surface area contributed by atoms with E-state index in [0.29, 0.717) is 30.8 Å². The van der Waals surface area contributed by atoms with Gasteiger partial charge in [-0.3, -0.25) is 4.79 Å². The molecule has 47 heavy (non-hydrogen) atoms. The Bertz CT molecular complexity index is 1180. The molecule has 0 amide bonds. The second kappa shape index (κ2) is 20.7. The molecule has 7 nitrogen and oxygen atoms in total. The van der Waals surface area contributed by atoms with E-state index in [-0.39, 0.29) is 17.4 Å². The lowest BCUT2D eigenvalue weighted by molar-refractivity contribution is -0.143. The lowest BCUT2D eigenvalue weighted by atomic mass is 9.86. The smallest absolute Gasteiger partial charge is 0.445 e.